The molecule has 144 valence electrons. The Morgan fingerprint density at radius 3 is 2.82 bits per heavy atom. The number of amides is 1. The molecule has 7 nitrogen and oxygen atoms in total. The number of hydrogen-bond acceptors (Lipinski definition) is 7. The summed E-state index contributed by atoms with van der Waals surface area (Å²) < 4.78 is 16.3. The monoisotopic (exact) mass is 397 g/mol. The fourth-order valence-corrected chi connectivity index (χ4v) is 3.41. The third-order valence-electron chi connectivity index (χ3n) is 4.25. The second-order valence-electron chi connectivity index (χ2n) is 6.31. The summed E-state index contributed by atoms with van der Waals surface area (Å²) in [5.74, 6) is 2.04. The summed E-state index contributed by atoms with van der Waals surface area (Å²) in [5.41, 5.74) is 2.04. The number of thioether (sulfide) groups is 1. The number of nitrogens with one attached hydrogen (secondary N) is 1. The van der Waals surface area contributed by atoms with E-state index in [1.165, 1.54) is 11.8 Å². The lowest BCUT2D eigenvalue weighted by Gasteiger charge is -2.14. The number of fused-ring (bicyclic) bond motifs is 1. The average Bonchev–Trinajstić information content (AvgIpc) is 3.35. The van der Waals surface area contributed by atoms with Gasteiger partial charge in [-0.05, 0) is 30.2 Å². The first-order valence-electron chi connectivity index (χ1n) is 8.85. The molecule has 1 aliphatic rings. The van der Waals surface area contributed by atoms with Gasteiger partial charge >= 0.3 is 0 Å². The van der Waals surface area contributed by atoms with Crippen molar-refractivity contribution in [1.82, 2.24) is 15.5 Å². The maximum absolute atomic E-state index is 12.3. The lowest BCUT2D eigenvalue weighted by atomic mass is 10.1. The van der Waals surface area contributed by atoms with Crippen LogP contribution in [0.4, 0.5) is 0 Å². The highest BCUT2D eigenvalue weighted by atomic mass is 32.2. The van der Waals surface area contributed by atoms with E-state index in [-0.39, 0.29) is 24.5 Å². The van der Waals surface area contributed by atoms with Crippen molar-refractivity contribution in [3.8, 4) is 11.5 Å². The summed E-state index contributed by atoms with van der Waals surface area (Å²) in [6.45, 7) is 2.15. The Kier molecular flexibility index (Phi) is 5.48. The number of rotatable bonds is 7. The lowest BCUT2D eigenvalue weighted by Crippen LogP contribution is -2.28. The third kappa shape index (κ3) is 4.45. The smallest absolute Gasteiger partial charge is 0.277 e. The van der Waals surface area contributed by atoms with Gasteiger partial charge in [-0.1, -0.05) is 48.2 Å². The highest BCUT2D eigenvalue weighted by molar-refractivity contribution is 7.99. The Morgan fingerprint density at radius 1 is 1.14 bits per heavy atom. The minimum atomic E-state index is -0.154. The van der Waals surface area contributed by atoms with E-state index < -0.39 is 0 Å². The highest BCUT2D eigenvalue weighted by Crippen LogP contribution is 2.34. The van der Waals surface area contributed by atoms with Crippen LogP contribution < -0.4 is 14.8 Å². The van der Waals surface area contributed by atoms with Gasteiger partial charge in [0.15, 0.2) is 11.5 Å². The standard InChI is InChI=1S/C20H19N3O4S/c1-13(15-7-8-16-17(10-15)26-12-25-16)21-18(24)11-28-20-23-22-19(27-20)9-14-5-3-2-4-6-14/h2-8,10,13H,9,11-12H2,1H3,(H,21,24)/t13-/m1/s1. The number of benzene rings is 2. The molecule has 1 aromatic heterocycles. The summed E-state index contributed by atoms with van der Waals surface area (Å²) in [6.07, 6.45) is 0.571. The van der Waals surface area contributed by atoms with Crippen LogP contribution >= 0.6 is 11.8 Å². The van der Waals surface area contributed by atoms with E-state index in [9.17, 15) is 4.79 Å². The molecule has 8 heteroatoms. The van der Waals surface area contributed by atoms with Crippen LogP contribution in [-0.2, 0) is 11.2 Å². The van der Waals surface area contributed by atoms with Gasteiger partial charge in [-0.2, -0.15) is 0 Å². The molecule has 1 amide bonds. The zero-order valence-electron chi connectivity index (χ0n) is 15.3. The normalized spacial score (nSPS) is 13.3. The third-order valence-corrected chi connectivity index (χ3v) is 5.07. The van der Waals surface area contributed by atoms with Gasteiger partial charge in [0.1, 0.15) is 0 Å². The van der Waals surface area contributed by atoms with E-state index in [0.29, 0.717) is 23.3 Å². The van der Waals surface area contributed by atoms with E-state index in [4.69, 9.17) is 13.9 Å². The Morgan fingerprint density at radius 2 is 1.96 bits per heavy atom. The van der Waals surface area contributed by atoms with Gasteiger partial charge in [-0.25, -0.2) is 0 Å². The molecule has 1 N–H and O–H groups in total. The Bertz CT molecular complexity index is 961. The van der Waals surface area contributed by atoms with Crippen LogP contribution in [0.25, 0.3) is 0 Å². The molecule has 0 spiro atoms. The van der Waals surface area contributed by atoms with Gasteiger partial charge < -0.3 is 19.2 Å². The molecule has 2 heterocycles. The quantitative estimate of drug-likeness (QED) is 0.612. The predicted molar refractivity (Wildman–Crippen MR) is 103 cm³/mol. The van der Waals surface area contributed by atoms with Crippen molar-refractivity contribution < 1.29 is 18.7 Å². The molecule has 0 radical (unpaired) electrons. The molecule has 0 aliphatic carbocycles. The van der Waals surface area contributed by atoms with Gasteiger partial charge in [0.25, 0.3) is 5.22 Å². The molecule has 0 saturated heterocycles. The van der Waals surface area contributed by atoms with E-state index >= 15 is 0 Å². The zero-order valence-corrected chi connectivity index (χ0v) is 16.1. The number of aromatic nitrogens is 2. The fraction of sp³-hybridized carbons (Fsp3) is 0.250. The molecular weight excluding hydrogens is 378 g/mol. The van der Waals surface area contributed by atoms with Crippen LogP contribution in [0, 0.1) is 0 Å². The van der Waals surface area contributed by atoms with Crippen molar-refractivity contribution in [1.29, 1.82) is 0 Å². The minimum absolute atomic E-state index is 0.113. The van der Waals surface area contributed by atoms with Crippen LogP contribution in [0.1, 0.15) is 30.0 Å². The van der Waals surface area contributed by atoms with Crippen molar-refractivity contribution in [3.63, 3.8) is 0 Å². The van der Waals surface area contributed by atoms with Crippen molar-refractivity contribution in [2.45, 2.75) is 24.6 Å². The number of hydrogen-bond donors (Lipinski definition) is 1. The van der Waals surface area contributed by atoms with Gasteiger partial charge in [-0.15, -0.1) is 10.2 Å². The Balaban J connectivity index is 1.27. The summed E-state index contributed by atoms with van der Waals surface area (Å²) in [4.78, 5) is 12.3. The molecule has 0 bridgehead atoms. The fourth-order valence-electron chi connectivity index (χ4n) is 2.81. The topological polar surface area (TPSA) is 86.5 Å². The molecule has 3 aromatic rings. The molecule has 0 fully saturated rings. The molecule has 0 unspecified atom stereocenters. The maximum Gasteiger partial charge on any atom is 0.277 e. The predicted octanol–water partition coefficient (Wildman–Crippen LogP) is 3.36. The first-order valence-corrected chi connectivity index (χ1v) is 9.84. The molecule has 1 aliphatic heterocycles. The van der Waals surface area contributed by atoms with Crippen LogP contribution in [0.2, 0.25) is 0 Å². The first-order chi connectivity index (χ1) is 13.7. The van der Waals surface area contributed by atoms with Gasteiger partial charge in [0, 0.05) is 0 Å². The maximum atomic E-state index is 12.3. The molecule has 1 atom stereocenters. The summed E-state index contributed by atoms with van der Waals surface area (Å²) in [6, 6.07) is 15.4. The number of nitrogens with zero attached hydrogens (tertiary/aromatic N) is 2. The van der Waals surface area contributed by atoms with E-state index in [2.05, 4.69) is 15.5 Å². The van der Waals surface area contributed by atoms with Crippen LogP contribution in [0.5, 0.6) is 11.5 Å². The van der Waals surface area contributed by atoms with Crippen molar-refractivity contribution in [2.75, 3.05) is 12.5 Å². The lowest BCUT2D eigenvalue weighted by molar-refractivity contribution is -0.119. The van der Waals surface area contributed by atoms with Crippen LogP contribution in [-0.4, -0.2) is 28.7 Å². The summed E-state index contributed by atoms with van der Waals surface area (Å²) in [7, 11) is 0. The van der Waals surface area contributed by atoms with Crippen LogP contribution in [0.15, 0.2) is 58.2 Å². The SMILES string of the molecule is C[C@@H](NC(=O)CSc1nnc(Cc2ccccc2)o1)c1ccc2c(c1)OCO2. The van der Waals surface area contributed by atoms with Gasteiger partial charge in [0.2, 0.25) is 18.6 Å². The Labute approximate surface area is 166 Å². The van der Waals surface area contributed by atoms with E-state index in [1.54, 1.807) is 0 Å². The van der Waals surface area contributed by atoms with Crippen molar-refractivity contribution in [3.05, 3.63) is 65.5 Å². The zero-order chi connectivity index (χ0) is 19.3. The van der Waals surface area contributed by atoms with E-state index in [1.807, 2.05) is 55.5 Å². The van der Waals surface area contributed by atoms with Gasteiger partial charge in [-0.3, -0.25) is 4.79 Å². The average molecular weight is 397 g/mol. The first kappa shape index (κ1) is 18.4. The molecule has 4 rings (SSSR count). The van der Waals surface area contributed by atoms with Crippen molar-refractivity contribution in [2.24, 2.45) is 0 Å². The number of carbonyl (C=O) groups excluding carboxylic acids is 1. The minimum Gasteiger partial charge on any atom is -0.454 e. The molecular formula is C20H19N3O4S. The molecule has 2 aromatic carbocycles. The van der Waals surface area contributed by atoms with Gasteiger partial charge in [0.05, 0.1) is 18.2 Å². The van der Waals surface area contributed by atoms with Crippen molar-refractivity contribution >= 4 is 17.7 Å². The Hall–Kier alpha value is -3.00. The second-order valence-corrected chi connectivity index (χ2v) is 7.24. The molecule has 0 saturated carbocycles. The largest absolute Gasteiger partial charge is 0.454 e. The summed E-state index contributed by atoms with van der Waals surface area (Å²) in [5, 5.41) is 11.4. The number of carbonyl (C=O) groups is 1. The highest BCUT2D eigenvalue weighted by Gasteiger charge is 2.17. The number of ether oxygens (including phenoxy) is 2. The second kappa shape index (κ2) is 8.35. The summed E-state index contributed by atoms with van der Waals surface area (Å²) >= 11 is 1.22. The van der Waals surface area contributed by atoms with Crippen LogP contribution in [0.3, 0.4) is 0 Å². The van der Waals surface area contributed by atoms with E-state index in [0.717, 1.165) is 16.9 Å². The molecule has 28 heavy (non-hydrogen) atoms.